The molecular weight excluding hydrogens is 232 g/mol. The number of anilines is 2. The highest BCUT2D eigenvalue weighted by Gasteiger charge is 2.04. The van der Waals surface area contributed by atoms with Gasteiger partial charge in [-0.3, -0.25) is 4.98 Å². The van der Waals surface area contributed by atoms with E-state index in [1.807, 2.05) is 24.3 Å². The molecule has 1 aromatic carbocycles. The van der Waals surface area contributed by atoms with Crippen molar-refractivity contribution in [3.05, 3.63) is 48.3 Å². The lowest BCUT2D eigenvalue weighted by Crippen LogP contribution is -1.99. The van der Waals surface area contributed by atoms with Crippen LogP contribution in [-0.2, 0) is 0 Å². The van der Waals surface area contributed by atoms with Crippen LogP contribution in [0.5, 0.6) is 5.75 Å². The Morgan fingerprint density at radius 3 is 2.83 bits per heavy atom. The molecule has 18 heavy (non-hydrogen) atoms. The van der Waals surface area contributed by atoms with Gasteiger partial charge in [0.15, 0.2) is 0 Å². The molecule has 5 nitrogen and oxygen atoms in total. The van der Waals surface area contributed by atoms with E-state index < -0.39 is 5.97 Å². The van der Waals surface area contributed by atoms with E-state index in [1.165, 1.54) is 12.3 Å². The van der Waals surface area contributed by atoms with Gasteiger partial charge in [-0.15, -0.1) is 0 Å². The molecule has 0 aliphatic heterocycles. The summed E-state index contributed by atoms with van der Waals surface area (Å²) < 4.78 is 5.10. The predicted octanol–water partition coefficient (Wildman–Crippen LogP) is 2.53. The van der Waals surface area contributed by atoms with Crippen LogP contribution in [0.2, 0.25) is 0 Å². The maximum absolute atomic E-state index is 10.8. The summed E-state index contributed by atoms with van der Waals surface area (Å²) >= 11 is 0. The molecule has 0 atom stereocenters. The molecule has 2 aromatic rings. The van der Waals surface area contributed by atoms with Crippen molar-refractivity contribution >= 4 is 17.3 Å². The van der Waals surface area contributed by atoms with Gasteiger partial charge in [0.05, 0.1) is 24.6 Å². The van der Waals surface area contributed by atoms with Gasteiger partial charge in [-0.25, -0.2) is 4.79 Å². The van der Waals surface area contributed by atoms with Crippen molar-refractivity contribution in [3.63, 3.8) is 0 Å². The Balaban J connectivity index is 2.22. The lowest BCUT2D eigenvalue weighted by atomic mass is 10.2. The minimum Gasteiger partial charge on any atom is -0.497 e. The molecule has 1 heterocycles. The van der Waals surface area contributed by atoms with Gasteiger partial charge >= 0.3 is 5.97 Å². The molecule has 0 unspecified atom stereocenters. The van der Waals surface area contributed by atoms with Crippen molar-refractivity contribution in [2.75, 3.05) is 12.4 Å². The lowest BCUT2D eigenvalue weighted by molar-refractivity contribution is 0.0696. The summed E-state index contributed by atoms with van der Waals surface area (Å²) in [5, 5.41) is 11.9. The third-order valence-electron chi connectivity index (χ3n) is 2.34. The zero-order valence-electron chi connectivity index (χ0n) is 9.75. The van der Waals surface area contributed by atoms with Gasteiger partial charge in [0, 0.05) is 18.0 Å². The number of nitrogens with one attached hydrogen (secondary N) is 1. The minimum atomic E-state index is -1.00. The van der Waals surface area contributed by atoms with Crippen LogP contribution in [0.25, 0.3) is 0 Å². The topological polar surface area (TPSA) is 71.5 Å². The van der Waals surface area contributed by atoms with Gasteiger partial charge in [-0.05, 0) is 18.2 Å². The maximum Gasteiger partial charge on any atom is 0.337 e. The molecule has 0 saturated carbocycles. The number of hydrogen-bond acceptors (Lipinski definition) is 4. The first-order chi connectivity index (χ1) is 8.69. The van der Waals surface area contributed by atoms with E-state index in [-0.39, 0.29) is 5.56 Å². The number of aromatic nitrogens is 1. The summed E-state index contributed by atoms with van der Waals surface area (Å²) in [6.07, 6.45) is 2.87. The van der Waals surface area contributed by atoms with Crippen molar-refractivity contribution in [1.82, 2.24) is 4.98 Å². The number of pyridine rings is 1. The number of nitrogens with zero attached hydrogens (tertiary/aromatic N) is 1. The first-order valence-electron chi connectivity index (χ1n) is 5.28. The molecule has 0 saturated heterocycles. The summed E-state index contributed by atoms with van der Waals surface area (Å²) in [4.78, 5) is 14.7. The summed E-state index contributed by atoms with van der Waals surface area (Å²) in [6, 6.07) is 8.87. The van der Waals surface area contributed by atoms with Crippen LogP contribution >= 0.6 is 0 Å². The second kappa shape index (κ2) is 5.18. The van der Waals surface area contributed by atoms with Crippen molar-refractivity contribution in [2.45, 2.75) is 0 Å². The van der Waals surface area contributed by atoms with Gasteiger partial charge in [-0.2, -0.15) is 0 Å². The van der Waals surface area contributed by atoms with Crippen LogP contribution in [0.15, 0.2) is 42.7 Å². The van der Waals surface area contributed by atoms with Crippen LogP contribution in [0, 0.1) is 0 Å². The zero-order chi connectivity index (χ0) is 13.0. The first kappa shape index (κ1) is 11.9. The number of carboxylic acid groups (broad SMARTS) is 1. The second-order valence-electron chi connectivity index (χ2n) is 3.62. The van der Waals surface area contributed by atoms with Gasteiger partial charge in [-0.1, -0.05) is 6.07 Å². The Kier molecular flexibility index (Phi) is 3.43. The first-order valence-corrected chi connectivity index (χ1v) is 5.28. The Morgan fingerprint density at radius 1 is 1.28 bits per heavy atom. The Morgan fingerprint density at radius 2 is 2.11 bits per heavy atom. The van der Waals surface area contributed by atoms with Crippen LogP contribution in [0.3, 0.4) is 0 Å². The standard InChI is InChI=1S/C13H12N2O3/c1-18-12-4-2-3-10(6-12)15-11-5-9(13(16)17)7-14-8-11/h2-8,15H,1H3,(H,16,17). The molecule has 5 heteroatoms. The number of ether oxygens (including phenoxy) is 1. The molecule has 1 aromatic heterocycles. The van der Waals surface area contributed by atoms with E-state index in [9.17, 15) is 4.79 Å². The molecule has 0 bridgehead atoms. The molecular formula is C13H12N2O3. The highest BCUT2D eigenvalue weighted by Crippen LogP contribution is 2.21. The molecule has 2 rings (SSSR count). The quantitative estimate of drug-likeness (QED) is 0.864. The fourth-order valence-electron chi connectivity index (χ4n) is 1.49. The Labute approximate surface area is 104 Å². The number of benzene rings is 1. The van der Waals surface area contributed by atoms with E-state index in [0.717, 1.165) is 11.4 Å². The van der Waals surface area contributed by atoms with E-state index in [0.29, 0.717) is 5.69 Å². The van der Waals surface area contributed by atoms with E-state index in [2.05, 4.69) is 10.3 Å². The molecule has 0 amide bonds. The van der Waals surface area contributed by atoms with Crippen molar-refractivity contribution in [2.24, 2.45) is 0 Å². The number of methoxy groups -OCH3 is 1. The van der Waals surface area contributed by atoms with Gasteiger partial charge in [0.2, 0.25) is 0 Å². The van der Waals surface area contributed by atoms with Crippen LogP contribution < -0.4 is 10.1 Å². The van der Waals surface area contributed by atoms with Crippen LogP contribution in [0.1, 0.15) is 10.4 Å². The molecule has 92 valence electrons. The monoisotopic (exact) mass is 244 g/mol. The van der Waals surface area contributed by atoms with Gasteiger partial charge in [0.1, 0.15) is 5.75 Å². The number of carbonyl (C=O) groups is 1. The molecule has 0 spiro atoms. The zero-order valence-corrected chi connectivity index (χ0v) is 9.75. The largest absolute Gasteiger partial charge is 0.497 e. The Bertz CT molecular complexity index is 570. The maximum atomic E-state index is 10.8. The summed E-state index contributed by atoms with van der Waals surface area (Å²) in [7, 11) is 1.59. The summed E-state index contributed by atoms with van der Waals surface area (Å²) in [5.74, 6) is -0.279. The van der Waals surface area contributed by atoms with Crippen molar-refractivity contribution in [1.29, 1.82) is 0 Å². The highest BCUT2D eigenvalue weighted by atomic mass is 16.5. The molecule has 0 fully saturated rings. The van der Waals surface area contributed by atoms with Gasteiger partial charge in [0.25, 0.3) is 0 Å². The third-order valence-corrected chi connectivity index (χ3v) is 2.34. The third kappa shape index (κ3) is 2.76. The second-order valence-corrected chi connectivity index (χ2v) is 3.62. The fourth-order valence-corrected chi connectivity index (χ4v) is 1.49. The predicted molar refractivity (Wildman–Crippen MR) is 67.5 cm³/mol. The van der Waals surface area contributed by atoms with Crippen LogP contribution in [0.4, 0.5) is 11.4 Å². The Hall–Kier alpha value is -2.56. The fraction of sp³-hybridized carbons (Fsp3) is 0.0769. The van der Waals surface area contributed by atoms with E-state index in [1.54, 1.807) is 13.3 Å². The van der Waals surface area contributed by atoms with Crippen molar-refractivity contribution in [3.8, 4) is 5.75 Å². The number of rotatable bonds is 4. The average molecular weight is 244 g/mol. The number of carboxylic acids is 1. The molecule has 0 aliphatic carbocycles. The van der Waals surface area contributed by atoms with Gasteiger partial charge < -0.3 is 15.2 Å². The minimum absolute atomic E-state index is 0.142. The van der Waals surface area contributed by atoms with E-state index in [4.69, 9.17) is 9.84 Å². The summed E-state index contributed by atoms with van der Waals surface area (Å²) in [5.41, 5.74) is 1.56. The van der Waals surface area contributed by atoms with Crippen LogP contribution in [-0.4, -0.2) is 23.2 Å². The highest BCUT2D eigenvalue weighted by molar-refractivity contribution is 5.88. The SMILES string of the molecule is COc1cccc(Nc2cncc(C(=O)O)c2)c1. The average Bonchev–Trinajstić information content (AvgIpc) is 2.39. The molecule has 0 aliphatic rings. The lowest BCUT2D eigenvalue weighted by Gasteiger charge is -2.08. The van der Waals surface area contributed by atoms with Crippen molar-refractivity contribution < 1.29 is 14.6 Å². The normalized spacial score (nSPS) is 9.83. The van der Waals surface area contributed by atoms with E-state index >= 15 is 0 Å². The molecule has 2 N–H and O–H groups in total. The molecule has 0 radical (unpaired) electrons. The number of aromatic carboxylic acids is 1. The summed E-state index contributed by atoms with van der Waals surface area (Å²) in [6.45, 7) is 0. The number of hydrogen-bond donors (Lipinski definition) is 2. The smallest absolute Gasteiger partial charge is 0.337 e.